The molecule has 0 radical (unpaired) electrons. The van der Waals surface area contributed by atoms with Gasteiger partial charge in [-0.3, -0.25) is 4.79 Å². The highest BCUT2D eigenvalue weighted by Crippen LogP contribution is 2.45. The van der Waals surface area contributed by atoms with E-state index in [-0.39, 0.29) is 17.0 Å². The largest absolute Gasteiger partial charge is 0.481 e. The number of nitrogens with zero attached hydrogens (tertiary/aromatic N) is 1. The molecule has 2 fully saturated rings. The van der Waals surface area contributed by atoms with E-state index < -0.39 is 21.9 Å². The maximum atomic E-state index is 12.7. The van der Waals surface area contributed by atoms with E-state index in [1.165, 1.54) is 4.31 Å². The van der Waals surface area contributed by atoms with Crippen LogP contribution in [0.5, 0.6) is 0 Å². The van der Waals surface area contributed by atoms with Gasteiger partial charge in [0, 0.05) is 12.1 Å². The number of hydrogen-bond acceptors (Lipinski definition) is 3. The zero-order valence-electron chi connectivity index (χ0n) is 11.2. The Kier molecular flexibility index (Phi) is 3.10. The van der Waals surface area contributed by atoms with Crippen LogP contribution in [-0.2, 0) is 14.8 Å². The molecule has 2 heterocycles. The molecule has 3 atom stereocenters. The Balaban J connectivity index is 1.99. The Morgan fingerprint density at radius 2 is 2.10 bits per heavy atom. The second-order valence-electron chi connectivity index (χ2n) is 5.63. The summed E-state index contributed by atoms with van der Waals surface area (Å²) in [6.07, 6.45) is 1.84. The van der Waals surface area contributed by atoms with Crippen LogP contribution in [0.2, 0.25) is 0 Å². The van der Waals surface area contributed by atoms with E-state index in [2.05, 4.69) is 0 Å². The van der Waals surface area contributed by atoms with Gasteiger partial charge in [0.05, 0.1) is 10.8 Å². The van der Waals surface area contributed by atoms with Crippen LogP contribution < -0.4 is 0 Å². The molecule has 0 saturated carbocycles. The van der Waals surface area contributed by atoms with Gasteiger partial charge in [0.1, 0.15) is 0 Å². The van der Waals surface area contributed by atoms with Crippen molar-refractivity contribution in [2.75, 3.05) is 0 Å². The van der Waals surface area contributed by atoms with Gasteiger partial charge in [-0.2, -0.15) is 4.31 Å². The highest BCUT2D eigenvalue weighted by Gasteiger charge is 2.54. The van der Waals surface area contributed by atoms with E-state index in [0.717, 1.165) is 12.0 Å². The lowest BCUT2D eigenvalue weighted by molar-refractivity contribution is -0.142. The van der Waals surface area contributed by atoms with Crippen LogP contribution in [0.25, 0.3) is 0 Å². The Morgan fingerprint density at radius 1 is 1.35 bits per heavy atom. The number of benzene rings is 1. The molecule has 0 aliphatic carbocycles. The van der Waals surface area contributed by atoms with Crippen molar-refractivity contribution in [1.82, 2.24) is 4.31 Å². The summed E-state index contributed by atoms with van der Waals surface area (Å²) in [6, 6.07) is 6.24. The summed E-state index contributed by atoms with van der Waals surface area (Å²) in [5.74, 6) is -1.45. The molecule has 1 aromatic carbocycles. The highest BCUT2D eigenvalue weighted by molar-refractivity contribution is 7.89. The van der Waals surface area contributed by atoms with Gasteiger partial charge in [0.25, 0.3) is 0 Å². The minimum Gasteiger partial charge on any atom is -0.481 e. The van der Waals surface area contributed by atoms with Crippen LogP contribution in [0.4, 0.5) is 0 Å². The number of sulfonamides is 1. The highest BCUT2D eigenvalue weighted by atomic mass is 32.2. The second-order valence-corrected chi connectivity index (χ2v) is 7.47. The Morgan fingerprint density at radius 3 is 2.70 bits per heavy atom. The summed E-state index contributed by atoms with van der Waals surface area (Å²) in [6.45, 7) is 1.84. The standard InChI is InChI=1S/C14H17NO4S/c1-9-3-2-4-11(7-9)20(18,19)15-10-5-6-13(15)12(8-10)14(16)17/h2-4,7,10,12-13H,5-6,8H2,1H3,(H,16,17). The minimum atomic E-state index is -3.59. The summed E-state index contributed by atoms with van der Waals surface area (Å²) >= 11 is 0. The third-order valence-electron chi connectivity index (χ3n) is 4.36. The van der Waals surface area contributed by atoms with E-state index >= 15 is 0 Å². The Labute approximate surface area is 118 Å². The minimum absolute atomic E-state index is 0.161. The summed E-state index contributed by atoms with van der Waals surface area (Å²) in [4.78, 5) is 11.5. The van der Waals surface area contributed by atoms with Crippen molar-refractivity contribution in [2.45, 2.75) is 43.2 Å². The van der Waals surface area contributed by atoms with Crippen LogP contribution in [0.1, 0.15) is 24.8 Å². The van der Waals surface area contributed by atoms with Gasteiger partial charge in [-0.05, 0) is 43.9 Å². The first-order chi connectivity index (χ1) is 9.41. The number of aryl methyl sites for hydroxylation is 1. The van der Waals surface area contributed by atoms with E-state index in [1.807, 2.05) is 13.0 Å². The quantitative estimate of drug-likeness (QED) is 0.919. The fourth-order valence-electron chi connectivity index (χ4n) is 3.48. The summed E-state index contributed by atoms with van der Waals surface area (Å²) in [7, 11) is -3.59. The third kappa shape index (κ3) is 1.94. The molecule has 0 aromatic heterocycles. The van der Waals surface area contributed by atoms with Gasteiger partial charge in [0.2, 0.25) is 10.0 Å². The molecule has 2 aliphatic heterocycles. The number of aliphatic carboxylic acids is 1. The van der Waals surface area contributed by atoms with E-state index in [0.29, 0.717) is 12.8 Å². The third-order valence-corrected chi connectivity index (χ3v) is 6.33. The first-order valence-corrected chi connectivity index (χ1v) is 8.18. The molecule has 2 aliphatic rings. The molecule has 0 spiro atoms. The lowest BCUT2D eigenvalue weighted by atomic mass is 9.89. The first kappa shape index (κ1) is 13.6. The zero-order chi connectivity index (χ0) is 14.5. The normalized spacial score (nSPS) is 29.8. The lowest BCUT2D eigenvalue weighted by Gasteiger charge is -2.22. The Bertz CT molecular complexity index is 655. The van der Waals surface area contributed by atoms with Crippen molar-refractivity contribution in [2.24, 2.45) is 5.92 Å². The number of carbonyl (C=O) groups is 1. The fourth-order valence-corrected chi connectivity index (χ4v) is 5.50. The van der Waals surface area contributed by atoms with Gasteiger partial charge in [-0.1, -0.05) is 12.1 Å². The molecule has 3 rings (SSSR count). The molecule has 5 nitrogen and oxygen atoms in total. The van der Waals surface area contributed by atoms with Crippen molar-refractivity contribution >= 4 is 16.0 Å². The molecule has 20 heavy (non-hydrogen) atoms. The van der Waals surface area contributed by atoms with E-state index in [9.17, 15) is 18.3 Å². The molecular formula is C14H17NO4S. The van der Waals surface area contributed by atoms with Gasteiger partial charge in [-0.25, -0.2) is 8.42 Å². The predicted octanol–water partition coefficient (Wildman–Crippen LogP) is 1.62. The maximum absolute atomic E-state index is 12.7. The summed E-state index contributed by atoms with van der Waals surface area (Å²) in [5, 5.41) is 9.21. The lowest BCUT2D eigenvalue weighted by Crippen LogP contribution is -2.37. The van der Waals surface area contributed by atoms with Crippen molar-refractivity contribution in [3.8, 4) is 0 Å². The maximum Gasteiger partial charge on any atom is 0.308 e. The smallest absolute Gasteiger partial charge is 0.308 e. The fraction of sp³-hybridized carbons (Fsp3) is 0.500. The van der Waals surface area contributed by atoms with Crippen molar-refractivity contribution in [1.29, 1.82) is 0 Å². The molecule has 1 aromatic rings. The zero-order valence-corrected chi connectivity index (χ0v) is 12.0. The van der Waals surface area contributed by atoms with Crippen molar-refractivity contribution in [3.63, 3.8) is 0 Å². The predicted molar refractivity (Wildman–Crippen MR) is 72.8 cm³/mol. The number of carboxylic acid groups (broad SMARTS) is 1. The molecule has 3 unspecified atom stereocenters. The molecule has 6 heteroatoms. The summed E-state index contributed by atoms with van der Waals surface area (Å²) < 4.78 is 26.9. The van der Waals surface area contributed by atoms with Gasteiger partial charge in [0.15, 0.2) is 0 Å². The van der Waals surface area contributed by atoms with Crippen LogP contribution in [-0.4, -0.2) is 35.9 Å². The average Bonchev–Trinajstić information content (AvgIpc) is 2.96. The molecular weight excluding hydrogens is 278 g/mol. The molecule has 108 valence electrons. The topological polar surface area (TPSA) is 74.7 Å². The van der Waals surface area contributed by atoms with Gasteiger partial charge in [-0.15, -0.1) is 0 Å². The number of hydrogen-bond donors (Lipinski definition) is 1. The van der Waals surface area contributed by atoms with Crippen LogP contribution in [0.15, 0.2) is 29.2 Å². The monoisotopic (exact) mass is 295 g/mol. The first-order valence-electron chi connectivity index (χ1n) is 6.74. The van der Waals surface area contributed by atoms with Gasteiger partial charge >= 0.3 is 5.97 Å². The van der Waals surface area contributed by atoms with Crippen LogP contribution in [0, 0.1) is 12.8 Å². The molecule has 0 amide bonds. The molecule has 1 N–H and O–H groups in total. The van der Waals surface area contributed by atoms with Crippen LogP contribution in [0.3, 0.4) is 0 Å². The van der Waals surface area contributed by atoms with E-state index in [1.54, 1.807) is 18.2 Å². The second kappa shape index (κ2) is 4.56. The Hall–Kier alpha value is -1.40. The SMILES string of the molecule is Cc1cccc(S(=O)(=O)N2C3CCC2C(C(=O)O)C3)c1. The average molecular weight is 295 g/mol. The van der Waals surface area contributed by atoms with Gasteiger partial charge < -0.3 is 5.11 Å². The number of carboxylic acids is 1. The van der Waals surface area contributed by atoms with Crippen molar-refractivity contribution in [3.05, 3.63) is 29.8 Å². The summed E-state index contributed by atoms with van der Waals surface area (Å²) in [5.41, 5.74) is 0.882. The van der Waals surface area contributed by atoms with Crippen molar-refractivity contribution < 1.29 is 18.3 Å². The molecule has 2 bridgehead atoms. The van der Waals surface area contributed by atoms with Crippen LogP contribution >= 0.6 is 0 Å². The van der Waals surface area contributed by atoms with E-state index in [4.69, 9.17) is 0 Å². The number of rotatable bonds is 3. The number of fused-ring (bicyclic) bond motifs is 2. The molecule has 2 saturated heterocycles.